The van der Waals surface area contributed by atoms with Crippen molar-refractivity contribution in [2.24, 2.45) is 5.92 Å². The van der Waals surface area contributed by atoms with Crippen LogP contribution in [0.25, 0.3) is 0 Å². The van der Waals surface area contributed by atoms with Crippen molar-refractivity contribution in [3.8, 4) is 0 Å². The van der Waals surface area contributed by atoms with Gasteiger partial charge in [-0.2, -0.15) is 0 Å². The second kappa shape index (κ2) is 7.81. The molecule has 0 aliphatic carbocycles. The molecular formula is C17H32N2O2. The van der Waals surface area contributed by atoms with E-state index < -0.39 is 5.54 Å². The number of piperazine rings is 1. The predicted octanol–water partition coefficient (Wildman–Crippen LogP) is 3.11. The molecule has 0 bridgehead atoms. The predicted molar refractivity (Wildman–Crippen MR) is 85.9 cm³/mol. The highest BCUT2D eigenvalue weighted by Gasteiger charge is 2.48. The van der Waals surface area contributed by atoms with Crippen molar-refractivity contribution in [1.82, 2.24) is 10.2 Å². The normalized spacial score (nSPS) is 21.8. The zero-order valence-corrected chi connectivity index (χ0v) is 14.4. The van der Waals surface area contributed by atoms with Crippen molar-refractivity contribution in [1.29, 1.82) is 0 Å². The summed E-state index contributed by atoms with van der Waals surface area (Å²) in [5, 5.41) is 3.01. The van der Waals surface area contributed by atoms with Crippen LogP contribution >= 0.6 is 0 Å². The van der Waals surface area contributed by atoms with Gasteiger partial charge in [-0.3, -0.25) is 9.59 Å². The van der Waals surface area contributed by atoms with E-state index in [1.54, 1.807) is 0 Å². The van der Waals surface area contributed by atoms with Crippen LogP contribution in [0, 0.1) is 5.92 Å². The molecule has 122 valence electrons. The summed E-state index contributed by atoms with van der Waals surface area (Å²) in [6.45, 7) is 11.1. The van der Waals surface area contributed by atoms with Gasteiger partial charge in [-0.25, -0.2) is 0 Å². The Bertz CT molecular complexity index is 362. The van der Waals surface area contributed by atoms with Gasteiger partial charge in [0.05, 0.1) is 0 Å². The van der Waals surface area contributed by atoms with E-state index >= 15 is 0 Å². The highest BCUT2D eigenvalue weighted by Crippen LogP contribution is 2.27. The molecule has 0 saturated carbocycles. The van der Waals surface area contributed by atoms with Crippen LogP contribution in [0.2, 0.25) is 0 Å². The van der Waals surface area contributed by atoms with Crippen LogP contribution in [-0.4, -0.2) is 34.8 Å². The minimum Gasteiger partial charge on any atom is -0.340 e. The Morgan fingerprint density at radius 2 is 1.81 bits per heavy atom. The molecule has 21 heavy (non-hydrogen) atoms. The molecule has 0 spiro atoms. The third-order valence-electron chi connectivity index (χ3n) is 4.66. The SMILES string of the molecule is CCCC1C(=O)NC(CC)(CC)C(=O)N1CCCC(C)C. The van der Waals surface area contributed by atoms with Crippen LogP contribution in [0.4, 0.5) is 0 Å². The van der Waals surface area contributed by atoms with Gasteiger partial charge in [0.1, 0.15) is 11.6 Å². The largest absolute Gasteiger partial charge is 0.340 e. The summed E-state index contributed by atoms with van der Waals surface area (Å²) in [7, 11) is 0. The number of carbonyl (C=O) groups is 2. The number of hydrogen-bond acceptors (Lipinski definition) is 2. The summed E-state index contributed by atoms with van der Waals surface area (Å²) in [4.78, 5) is 27.3. The highest BCUT2D eigenvalue weighted by molar-refractivity contribution is 5.99. The summed E-state index contributed by atoms with van der Waals surface area (Å²) in [6.07, 6.45) is 5.05. The third-order valence-corrected chi connectivity index (χ3v) is 4.66. The van der Waals surface area contributed by atoms with Crippen molar-refractivity contribution in [2.45, 2.75) is 84.7 Å². The lowest BCUT2D eigenvalue weighted by molar-refractivity contribution is -0.156. The molecule has 0 aromatic carbocycles. The molecule has 1 heterocycles. The van der Waals surface area contributed by atoms with Gasteiger partial charge in [0.15, 0.2) is 0 Å². The lowest BCUT2D eigenvalue weighted by Crippen LogP contribution is -2.70. The molecule has 4 nitrogen and oxygen atoms in total. The zero-order valence-electron chi connectivity index (χ0n) is 14.4. The van der Waals surface area contributed by atoms with Crippen molar-refractivity contribution >= 4 is 11.8 Å². The Morgan fingerprint density at radius 3 is 2.29 bits per heavy atom. The monoisotopic (exact) mass is 296 g/mol. The van der Waals surface area contributed by atoms with Crippen molar-refractivity contribution in [2.75, 3.05) is 6.54 Å². The Hall–Kier alpha value is -1.06. The molecule has 1 aliphatic rings. The molecule has 1 aliphatic heterocycles. The first-order valence-corrected chi connectivity index (χ1v) is 8.54. The molecule has 1 saturated heterocycles. The number of nitrogens with zero attached hydrogens (tertiary/aromatic N) is 1. The van der Waals surface area contributed by atoms with Crippen molar-refractivity contribution in [3.63, 3.8) is 0 Å². The Labute approximate surface area is 129 Å². The zero-order chi connectivity index (χ0) is 16.0. The van der Waals surface area contributed by atoms with Gasteiger partial charge in [0.25, 0.3) is 0 Å². The summed E-state index contributed by atoms with van der Waals surface area (Å²) in [6, 6.07) is -0.277. The van der Waals surface area contributed by atoms with Gasteiger partial charge < -0.3 is 10.2 Å². The van der Waals surface area contributed by atoms with Gasteiger partial charge >= 0.3 is 0 Å². The second-order valence-corrected chi connectivity index (χ2v) is 6.62. The van der Waals surface area contributed by atoms with Crippen LogP contribution < -0.4 is 5.32 Å². The van der Waals surface area contributed by atoms with E-state index in [4.69, 9.17) is 0 Å². The van der Waals surface area contributed by atoms with Gasteiger partial charge in [-0.1, -0.05) is 41.0 Å². The second-order valence-electron chi connectivity index (χ2n) is 6.62. The molecule has 1 atom stereocenters. The molecule has 1 N–H and O–H groups in total. The van der Waals surface area contributed by atoms with E-state index in [1.165, 1.54) is 0 Å². The molecular weight excluding hydrogens is 264 g/mol. The van der Waals surface area contributed by atoms with E-state index in [0.717, 1.165) is 25.7 Å². The number of amides is 2. The van der Waals surface area contributed by atoms with Crippen LogP contribution in [0.15, 0.2) is 0 Å². The first-order valence-electron chi connectivity index (χ1n) is 8.54. The standard InChI is InChI=1S/C17H32N2O2/c1-6-10-14-15(20)18-17(7-2,8-3)16(21)19(14)12-9-11-13(4)5/h13-14H,6-12H2,1-5H3,(H,18,20). The Balaban J connectivity index is 2.92. The van der Waals surface area contributed by atoms with E-state index in [-0.39, 0.29) is 17.9 Å². The molecule has 0 aromatic rings. The molecule has 0 radical (unpaired) electrons. The maximum absolute atomic E-state index is 12.9. The molecule has 0 aromatic heterocycles. The number of hydrogen-bond donors (Lipinski definition) is 1. The Morgan fingerprint density at radius 1 is 1.19 bits per heavy atom. The van der Waals surface area contributed by atoms with Gasteiger partial charge in [-0.05, 0) is 38.0 Å². The van der Waals surface area contributed by atoms with Gasteiger partial charge in [0.2, 0.25) is 11.8 Å². The molecule has 1 unspecified atom stereocenters. The minimum absolute atomic E-state index is 0.0321. The maximum Gasteiger partial charge on any atom is 0.248 e. The quantitative estimate of drug-likeness (QED) is 0.748. The van der Waals surface area contributed by atoms with Gasteiger partial charge in [0, 0.05) is 6.54 Å². The Kier molecular flexibility index (Phi) is 6.69. The molecule has 4 heteroatoms. The van der Waals surface area contributed by atoms with E-state index in [9.17, 15) is 9.59 Å². The van der Waals surface area contributed by atoms with Crippen LogP contribution in [0.3, 0.4) is 0 Å². The van der Waals surface area contributed by atoms with Crippen molar-refractivity contribution < 1.29 is 9.59 Å². The fraction of sp³-hybridized carbons (Fsp3) is 0.882. The minimum atomic E-state index is -0.681. The average molecular weight is 296 g/mol. The lowest BCUT2D eigenvalue weighted by Gasteiger charge is -2.45. The van der Waals surface area contributed by atoms with E-state index in [0.29, 0.717) is 25.3 Å². The number of nitrogens with one attached hydrogen (secondary N) is 1. The fourth-order valence-corrected chi connectivity index (χ4v) is 3.15. The first-order chi connectivity index (χ1) is 9.91. The van der Waals surface area contributed by atoms with Crippen molar-refractivity contribution in [3.05, 3.63) is 0 Å². The number of rotatable bonds is 8. The van der Waals surface area contributed by atoms with Crippen LogP contribution in [0.1, 0.15) is 73.1 Å². The van der Waals surface area contributed by atoms with E-state index in [2.05, 4.69) is 26.1 Å². The first kappa shape index (κ1) is 18.0. The van der Waals surface area contributed by atoms with Crippen LogP contribution in [0.5, 0.6) is 0 Å². The van der Waals surface area contributed by atoms with Gasteiger partial charge in [-0.15, -0.1) is 0 Å². The summed E-state index contributed by atoms with van der Waals surface area (Å²) >= 11 is 0. The molecule has 1 fully saturated rings. The third kappa shape index (κ3) is 3.98. The molecule has 1 rings (SSSR count). The number of carbonyl (C=O) groups excluding carboxylic acids is 2. The highest BCUT2D eigenvalue weighted by atomic mass is 16.2. The van der Waals surface area contributed by atoms with Crippen LogP contribution in [-0.2, 0) is 9.59 Å². The summed E-state index contributed by atoms with van der Waals surface area (Å²) < 4.78 is 0. The smallest absolute Gasteiger partial charge is 0.248 e. The summed E-state index contributed by atoms with van der Waals surface area (Å²) in [5.74, 6) is 0.782. The molecule has 2 amide bonds. The topological polar surface area (TPSA) is 49.4 Å². The fourth-order valence-electron chi connectivity index (χ4n) is 3.15. The lowest BCUT2D eigenvalue weighted by atomic mass is 9.86. The summed E-state index contributed by atoms with van der Waals surface area (Å²) in [5.41, 5.74) is -0.681. The van der Waals surface area contributed by atoms with E-state index in [1.807, 2.05) is 18.7 Å². The average Bonchev–Trinajstić information content (AvgIpc) is 2.45. The maximum atomic E-state index is 12.9.